The fraction of sp³-hybridized carbons (Fsp3) is 0.172. The molecule has 0 aliphatic carbocycles. The van der Waals surface area contributed by atoms with E-state index in [2.05, 4.69) is 27.4 Å². The van der Waals surface area contributed by atoms with E-state index in [9.17, 15) is 9.59 Å². The number of anilines is 1. The van der Waals surface area contributed by atoms with Gasteiger partial charge in [0.1, 0.15) is 0 Å². The van der Waals surface area contributed by atoms with Crippen molar-refractivity contribution in [3.8, 4) is 11.5 Å². The first kappa shape index (κ1) is 27.5. The molecule has 2 N–H and O–H groups in total. The minimum absolute atomic E-state index is 0.154. The summed E-state index contributed by atoms with van der Waals surface area (Å²) in [7, 11) is 3.12. The quantitative estimate of drug-likeness (QED) is 0.152. The number of carbonyl (C=O) groups excluding carboxylic acids is 2. The maximum Gasteiger partial charge on any atom is 0.244 e. The van der Waals surface area contributed by atoms with Crippen molar-refractivity contribution in [3.05, 3.63) is 90.8 Å². The Bertz CT molecular complexity index is 1510. The van der Waals surface area contributed by atoms with Crippen LogP contribution in [0.4, 0.5) is 5.69 Å². The molecule has 10 heteroatoms. The number of nitrogens with one attached hydrogen (secondary N) is 2. The summed E-state index contributed by atoms with van der Waals surface area (Å²) >= 11 is 1.27. The summed E-state index contributed by atoms with van der Waals surface area (Å²) in [6.07, 6.45) is 4.83. The van der Waals surface area contributed by atoms with Crippen molar-refractivity contribution < 1.29 is 19.1 Å². The van der Waals surface area contributed by atoms with Gasteiger partial charge in [-0.25, -0.2) is 0 Å². The lowest BCUT2D eigenvalue weighted by molar-refractivity contribution is -0.116. The lowest BCUT2D eigenvalue weighted by Crippen LogP contribution is -2.23. The second kappa shape index (κ2) is 13.3. The molecule has 0 unspecified atom stereocenters. The summed E-state index contributed by atoms with van der Waals surface area (Å²) < 4.78 is 12.3. The smallest absolute Gasteiger partial charge is 0.244 e. The number of ether oxygens (including phenoxy) is 2. The van der Waals surface area contributed by atoms with Crippen LogP contribution in [0.5, 0.6) is 11.5 Å². The summed E-state index contributed by atoms with van der Waals surface area (Å²) in [4.78, 5) is 25.0. The molecule has 0 saturated carbocycles. The standard InChI is InChI=1S/C29H29N5O4S/c1-4-15-34-26(18-30-27(35)14-10-20-9-13-24(37-2)25(16-20)38-3)32-33-29(34)39-19-28(36)31-23-12-11-21-7-5-6-8-22(21)17-23/h4-14,16-17H,1,15,18-19H2,2-3H3,(H,30,35)(H,31,36)/b14-10+. The third kappa shape index (κ3) is 7.26. The Morgan fingerprint density at radius 1 is 1.00 bits per heavy atom. The Morgan fingerprint density at radius 3 is 2.56 bits per heavy atom. The van der Waals surface area contributed by atoms with Crippen LogP contribution in [0.15, 0.2) is 84.6 Å². The molecule has 0 saturated heterocycles. The molecule has 0 aliphatic rings. The van der Waals surface area contributed by atoms with Gasteiger partial charge in [0, 0.05) is 18.3 Å². The van der Waals surface area contributed by atoms with Gasteiger partial charge >= 0.3 is 0 Å². The number of aromatic nitrogens is 3. The molecule has 1 aromatic heterocycles. The first-order valence-electron chi connectivity index (χ1n) is 12.1. The number of amides is 2. The molecule has 0 bridgehead atoms. The minimum atomic E-state index is -0.290. The number of benzene rings is 3. The van der Waals surface area contributed by atoms with E-state index in [1.165, 1.54) is 17.8 Å². The van der Waals surface area contributed by atoms with E-state index in [-0.39, 0.29) is 24.1 Å². The van der Waals surface area contributed by atoms with E-state index < -0.39 is 0 Å². The number of methoxy groups -OCH3 is 2. The Kier molecular flexibility index (Phi) is 9.36. The van der Waals surface area contributed by atoms with E-state index in [1.807, 2.05) is 53.1 Å². The van der Waals surface area contributed by atoms with Gasteiger partial charge in [-0.05, 0) is 46.7 Å². The molecule has 1 heterocycles. The van der Waals surface area contributed by atoms with Crippen molar-refractivity contribution in [1.82, 2.24) is 20.1 Å². The molecule has 3 aromatic carbocycles. The topological polar surface area (TPSA) is 107 Å². The van der Waals surface area contributed by atoms with Crippen molar-refractivity contribution in [3.63, 3.8) is 0 Å². The third-order valence-corrected chi connectivity index (χ3v) is 6.69. The third-order valence-electron chi connectivity index (χ3n) is 5.73. The largest absolute Gasteiger partial charge is 0.493 e. The van der Waals surface area contributed by atoms with Crippen LogP contribution in [0.2, 0.25) is 0 Å². The maximum absolute atomic E-state index is 12.6. The highest BCUT2D eigenvalue weighted by atomic mass is 32.2. The predicted molar refractivity (Wildman–Crippen MR) is 154 cm³/mol. The van der Waals surface area contributed by atoms with Gasteiger partial charge in [-0.2, -0.15) is 0 Å². The van der Waals surface area contributed by atoms with Crippen molar-refractivity contribution in [2.75, 3.05) is 25.3 Å². The SMILES string of the molecule is C=CCn1c(CNC(=O)/C=C/c2ccc(OC)c(OC)c2)nnc1SCC(=O)Nc1ccc2ccccc2c1. The highest BCUT2D eigenvalue weighted by Crippen LogP contribution is 2.28. The highest BCUT2D eigenvalue weighted by molar-refractivity contribution is 7.99. The molecule has 0 spiro atoms. The van der Waals surface area contributed by atoms with Crippen LogP contribution in [0.1, 0.15) is 11.4 Å². The monoisotopic (exact) mass is 543 g/mol. The average Bonchev–Trinajstić information content (AvgIpc) is 3.34. The van der Waals surface area contributed by atoms with Gasteiger partial charge in [0.2, 0.25) is 11.8 Å². The molecule has 0 radical (unpaired) electrons. The first-order chi connectivity index (χ1) is 19.0. The second-order valence-electron chi connectivity index (χ2n) is 8.36. The van der Waals surface area contributed by atoms with E-state index in [1.54, 1.807) is 38.5 Å². The van der Waals surface area contributed by atoms with Crippen LogP contribution in [-0.4, -0.2) is 46.6 Å². The number of carbonyl (C=O) groups is 2. The van der Waals surface area contributed by atoms with E-state index in [4.69, 9.17) is 9.47 Å². The van der Waals surface area contributed by atoms with E-state index in [0.717, 1.165) is 22.0 Å². The van der Waals surface area contributed by atoms with Crippen molar-refractivity contribution in [1.29, 1.82) is 0 Å². The summed E-state index contributed by atoms with van der Waals surface area (Å²) in [6.45, 7) is 4.40. The molecule has 0 aliphatic heterocycles. The number of hydrogen-bond acceptors (Lipinski definition) is 7. The fourth-order valence-corrected chi connectivity index (χ4v) is 4.58. The normalized spacial score (nSPS) is 10.9. The number of thioether (sulfide) groups is 1. The average molecular weight is 544 g/mol. The summed E-state index contributed by atoms with van der Waals surface area (Å²) in [5.41, 5.74) is 1.52. The maximum atomic E-state index is 12.6. The second-order valence-corrected chi connectivity index (χ2v) is 9.30. The van der Waals surface area contributed by atoms with Crippen molar-refractivity contribution in [2.45, 2.75) is 18.2 Å². The fourth-order valence-electron chi connectivity index (χ4n) is 3.82. The molecule has 4 rings (SSSR count). The van der Waals surface area contributed by atoms with E-state index >= 15 is 0 Å². The van der Waals surface area contributed by atoms with Gasteiger partial charge < -0.3 is 24.7 Å². The van der Waals surface area contributed by atoms with Crippen LogP contribution >= 0.6 is 11.8 Å². The number of nitrogens with zero attached hydrogens (tertiary/aromatic N) is 3. The molecule has 0 fully saturated rings. The van der Waals surface area contributed by atoms with E-state index in [0.29, 0.717) is 29.0 Å². The molecular formula is C29H29N5O4S. The Balaban J connectivity index is 1.33. The van der Waals surface area contributed by atoms with Crippen LogP contribution in [-0.2, 0) is 22.7 Å². The number of hydrogen-bond donors (Lipinski definition) is 2. The zero-order valence-corrected chi connectivity index (χ0v) is 22.5. The summed E-state index contributed by atoms with van der Waals surface area (Å²) in [5.74, 6) is 1.46. The van der Waals surface area contributed by atoms with Crippen LogP contribution in [0.3, 0.4) is 0 Å². The first-order valence-corrected chi connectivity index (χ1v) is 13.1. The minimum Gasteiger partial charge on any atom is -0.493 e. The predicted octanol–water partition coefficient (Wildman–Crippen LogP) is 4.69. The summed E-state index contributed by atoms with van der Waals surface area (Å²) in [6, 6.07) is 19.1. The van der Waals surface area contributed by atoms with Gasteiger partial charge in [0.15, 0.2) is 22.5 Å². The van der Waals surface area contributed by atoms with Crippen LogP contribution in [0, 0.1) is 0 Å². The molecule has 4 aromatic rings. The highest BCUT2D eigenvalue weighted by Gasteiger charge is 2.14. The molecule has 0 atom stereocenters. The van der Waals surface area contributed by atoms with Crippen molar-refractivity contribution in [2.24, 2.45) is 0 Å². The Labute approximate surface area is 230 Å². The van der Waals surface area contributed by atoms with Gasteiger partial charge in [-0.15, -0.1) is 16.8 Å². The molecule has 39 heavy (non-hydrogen) atoms. The zero-order chi connectivity index (χ0) is 27.6. The lowest BCUT2D eigenvalue weighted by Gasteiger charge is -2.09. The van der Waals surface area contributed by atoms with Gasteiger partial charge in [0.05, 0.1) is 26.5 Å². The summed E-state index contributed by atoms with van der Waals surface area (Å²) in [5, 5.41) is 16.9. The number of rotatable bonds is 12. The van der Waals surface area contributed by atoms with Crippen LogP contribution < -0.4 is 20.1 Å². The molecule has 9 nitrogen and oxygen atoms in total. The van der Waals surface area contributed by atoms with Crippen LogP contribution in [0.25, 0.3) is 16.8 Å². The number of allylic oxidation sites excluding steroid dienone is 1. The Morgan fingerprint density at radius 2 is 1.79 bits per heavy atom. The molecule has 2 amide bonds. The van der Waals surface area contributed by atoms with Gasteiger partial charge in [0.25, 0.3) is 0 Å². The van der Waals surface area contributed by atoms with Gasteiger partial charge in [-0.3, -0.25) is 9.59 Å². The molecular weight excluding hydrogens is 514 g/mol. The Hall–Kier alpha value is -4.57. The molecule has 200 valence electrons. The zero-order valence-electron chi connectivity index (χ0n) is 21.7. The number of fused-ring (bicyclic) bond motifs is 1. The lowest BCUT2D eigenvalue weighted by atomic mass is 10.1. The van der Waals surface area contributed by atoms with Crippen molar-refractivity contribution >= 4 is 46.1 Å². The van der Waals surface area contributed by atoms with Gasteiger partial charge in [-0.1, -0.05) is 54.2 Å².